The van der Waals surface area contributed by atoms with Gasteiger partial charge in [0.1, 0.15) is 0 Å². The van der Waals surface area contributed by atoms with E-state index in [9.17, 15) is 0 Å². The molecule has 142 valence electrons. The average molecular weight is 375 g/mol. The molecule has 0 radical (unpaired) electrons. The summed E-state index contributed by atoms with van der Waals surface area (Å²) in [6, 6.07) is 0. The third kappa shape index (κ3) is 6.24. The van der Waals surface area contributed by atoms with Crippen molar-refractivity contribution in [1.29, 1.82) is 0 Å². The molecule has 24 heavy (non-hydrogen) atoms. The van der Waals surface area contributed by atoms with Gasteiger partial charge in [-0.15, -0.1) is 0 Å². The van der Waals surface area contributed by atoms with Crippen LogP contribution in [0.25, 0.3) is 0 Å². The van der Waals surface area contributed by atoms with E-state index in [1.807, 2.05) is 41.5 Å². The summed E-state index contributed by atoms with van der Waals surface area (Å²) in [5.41, 5.74) is 4.34. The molecule has 0 heterocycles. The van der Waals surface area contributed by atoms with Crippen molar-refractivity contribution in [3.05, 3.63) is 23.6 Å². The molecule has 0 aliphatic heterocycles. The van der Waals surface area contributed by atoms with Crippen molar-refractivity contribution in [2.75, 3.05) is 26.4 Å². The van der Waals surface area contributed by atoms with Crippen molar-refractivity contribution < 1.29 is 17.7 Å². The van der Waals surface area contributed by atoms with Gasteiger partial charge < -0.3 is 17.7 Å². The molecule has 0 aliphatic rings. The molecular formula is C18H38O4Si2. The molecule has 0 aromatic rings. The minimum Gasteiger partial charge on any atom is -0.391 e. The summed E-state index contributed by atoms with van der Waals surface area (Å²) >= 11 is 0. The molecule has 0 fully saturated rings. The first-order chi connectivity index (χ1) is 11.6. The van der Waals surface area contributed by atoms with E-state index in [2.05, 4.69) is 30.5 Å². The zero-order chi connectivity index (χ0) is 18.5. The van der Waals surface area contributed by atoms with Gasteiger partial charge in [-0.3, -0.25) is 0 Å². The second-order valence-electron chi connectivity index (χ2n) is 5.52. The first-order valence-electron chi connectivity index (χ1n) is 9.39. The molecule has 0 aromatic carbocycles. The topological polar surface area (TPSA) is 36.9 Å². The quantitative estimate of drug-likeness (QED) is 0.403. The van der Waals surface area contributed by atoms with Gasteiger partial charge in [-0.05, 0) is 59.4 Å². The van der Waals surface area contributed by atoms with E-state index in [1.165, 1.54) is 0 Å². The SMILES string of the molecule is CC=C[Si](OCC)(OCC)C(CCC)[Si](C=CC)(OCC)OCC. The Balaban J connectivity index is 6.26. The molecule has 0 aliphatic carbocycles. The standard InChI is InChI=1S/C18H38O4Si2/c1-8-15-18(23(16-9-2,19-11-4)20-12-5)24(17-10-3,21-13-6)22-14-7/h9-10,16-18H,8,11-15H2,1-7H3. The maximum Gasteiger partial charge on any atom is 0.370 e. The number of allylic oxidation sites excluding steroid dienone is 2. The lowest BCUT2D eigenvalue weighted by Gasteiger charge is -2.42. The number of rotatable bonds is 14. The largest absolute Gasteiger partial charge is 0.391 e. The fraction of sp³-hybridized carbons (Fsp3) is 0.778. The molecule has 0 unspecified atom stereocenters. The second-order valence-corrected chi connectivity index (χ2v) is 12.2. The summed E-state index contributed by atoms with van der Waals surface area (Å²) in [4.78, 5) is 0. The third-order valence-corrected chi connectivity index (χ3v) is 13.3. The predicted molar refractivity (Wildman–Crippen MR) is 106 cm³/mol. The van der Waals surface area contributed by atoms with Crippen molar-refractivity contribution in [1.82, 2.24) is 0 Å². The summed E-state index contributed by atoms with van der Waals surface area (Å²) in [5.74, 6) is 0. The van der Waals surface area contributed by atoms with Gasteiger partial charge in [0.05, 0.1) is 5.16 Å². The zero-order valence-corrected chi connectivity index (χ0v) is 18.8. The fourth-order valence-corrected chi connectivity index (χ4v) is 13.0. The first kappa shape index (κ1) is 23.8. The van der Waals surface area contributed by atoms with Crippen LogP contribution in [0.3, 0.4) is 0 Å². The van der Waals surface area contributed by atoms with Crippen molar-refractivity contribution >= 4 is 17.1 Å². The first-order valence-corrected chi connectivity index (χ1v) is 13.3. The lowest BCUT2D eigenvalue weighted by atomic mass is 10.4. The molecule has 0 spiro atoms. The third-order valence-electron chi connectivity index (χ3n) is 3.83. The minimum atomic E-state index is -2.61. The highest BCUT2D eigenvalue weighted by Crippen LogP contribution is 2.40. The Labute approximate surface area is 151 Å². The summed E-state index contributed by atoms with van der Waals surface area (Å²) in [6.07, 6.45) is 6.15. The second kappa shape index (κ2) is 13.0. The highest BCUT2D eigenvalue weighted by Gasteiger charge is 2.58. The van der Waals surface area contributed by atoms with Gasteiger partial charge in [0.2, 0.25) is 0 Å². The van der Waals surface area contributed by atoms with Gasteiger partial charge in [0.15, 0.2) is 0 Å². The predicted octanol–water partition coefficient (Wildman–Crippen LogP) is 4.96. The average Bonchev–Trinajstić information content (AvgIpc) is 2.54. The van der Waals surface area contributed by atoms with Crippen LogP contribution >= 0.6 is 0 Å². The van der Waals surface area contributed by atoms with Crippen LogP contribution in [0.4, 0.5) is 0 Å². The maximum atomic E-state index is 6.34. The smallest absolute Gasteiger partial charge is 0.370 e. The summed E-state index contributed by atoms with van der Waals surface area (Å²) in [6.45, 7) is 16.9. The van der Waals surface area contributed by atoms with Crippen LogP contribution < -0.4 is 0 Å². The van der Waals surface area contributed by atoms with Crippen molar-refractivity contribution in [3.8, 4) is 0 Å². The molecule has 6 heteroatoms. The Morgan fingerprint density at radius 3 is 1.21 bits per heavy atom. The minimum absolute atomic E-state index is 0.155. The van der Waals surface area contributed by atoms with E-state index in [1.54, 1.807) is 0 Å². The van der Waals surface area contributed by atoms with Gasteiger partial charge in [0.25, 0.3) is 0 Å². The van der Waals surface area contributed by atoms with Crippen molar-refractivity contribution in [2.24, 2.45) is 0 Å². The van der Waals surface area contributed by atoms with Crippen molar-refractivity contribution in [3.63, 3.8) is 0 Å². The van der Waals surface area contributed by atoms with Crippen LogP contribution in [0.5, 0.6) is 0 Å². The monoisotopic (exact) mass is 374 g/mol. The van der Waals surface area contributed by atoms with E-state index in [0.29, 0.717) is 26.4 Å². The molecule has 0 aromatic heterocycles. The highest BCUT2D eigenvalue weighted by atomic mass is 28.4. The van der Waals surface area contributed by atoms with Gasteiger partial charge in [-0.2, -0.15) is 0 Å². The van der Waals surface area contributed by atoms with Gasteiger partial charge in [-0.25, -0.2) is 0 Å². The molecule has 0 rings (SSSR count). The summed E-state index contributed by atoms with van der Waals surface area (Å²) < 4.78 is 25.4. The normalized spacial score (nSPS) is 14.8. The van der Waals surface area contributed by atoms with E-state index in [-0.39, 0.29) is 5.16 Å². The van der Waals surface area contributed by atoms with E-state index < -0.39 is 17.1 Å². The Morgan fingerprint density at radius 2 is 1.00 bits per heavy atom. The molecule has 0 amide bonds. The molecule has 0 saturated carbocycles. The fourth-order valence-electron chi connectivity index (χ4n) is 3.25. The number of hydrogen-bond acceptors (Lipinski definition) is 4. The lowest BCUT2D eigenvalue weighted by Crippen LogP contribution is -2.60. The maximum absolute atomic E-state index is 6.34. The molecule has 0 N–H and O–H groups in total. The van der Waals surface area contributed by atoms with Crippen molar-refractivity contribution in [2.45, 2.75) is 66.5 Å². The van der Waals surface area contributed by atoms with Gasteiger partial charge in [0, 0.05) is 26.4 Å². The van der Waals surface area contributed by atoms with Crippen LogP contribution in [0.15, 0.2) is 23.6 Å². The lowest BCUT2D eigenvalue weighted by molar-refractivity contribution is 0.158. The Kier molecular flexibility index (Phi) is 12.9. The van der Waals surface area contributed by atoms with Gasteiger partial charge >= 0.3 is 17.1 Å². The van der Waals surface area contributed by atoms with Crippen LogP contribution in [-0.2, 0) is 17.7 Å². The molecule has 4 nitrogen and oxygen atoms in total. The van der Waals surface area contributed by atoms with Crippen LogP contribution in [-0.4, -0.2) is 43.5 Å². The Morgan fingerprint density at radius 1 is 0.667 bits per heavy atom. The summed E-state index contributed by atoms with van der Waals surface area (Å²) in [7, 11) is -5.23. The highest BCUT2D eigenvalue weighted by molar-refractivity contribution is 6.93. The Hall–Kier alpha value is -0.246. The zero-order valence-electron chi connectivity index (χ0n) is 16.8. The number of hydrogen-bond donors (Lipinski definition) is 0. The summed E-state index contributed by atoms with van der Waals surface area (Å²) in [5, 5.41) is 0.155. The van der Waals surface area contributed by atoms with E-state index in [4.69, 9.17) is 17.7 Å². The molecule has 0 bridgehead atoms. The van der Waals surface area contributed by atoms with Gasteiger partial charge in [-0.1, -0.05) is 25.5 Å². The molecular weight excluding hydrogens is 336 g/mol. The molecule has 0 saturated heterocycles. The Bertz CT molecular complexity index is 328. The molecule has 0 atom stereocenters. The van der Waals surface area contributed by atoms with Crippen LogP contribution in [0, 0.1) is 0 Å². The van der Waals surface area contributed by atoms with E-state index >= 15 is 0 Å². The van der Waals surface area contributed by atoms with Crippen LogP contribution in [0.1, 0.15) is 61.3 Å². The van der Waals surface area contributed by atoms with E-state index in [0.717, 1.165) is 12.8 Å². The van der Waals surface area contributed by atoms with Crippen LogP contribution in [0.2, 0.25) is 5.16 Å².